The molecule has 0 bridgehead atoms. The van der Waals surface area contributed by atoms with Gasteiger partial charge in [0.2, 0.25) is 0 Å². The Morgan fingerprint density at radius 2 is 2.15 bits per heavy atom. The minimum atomic E-state index is -0.255. The minimum absolute atomic E-state index is 0.0609. The molecule has 0 fully saturated rings. The molecule has 0 aliphatic carbocycles. The van der Waals surface area contributed by atoms with Crippen molar-refractivity contribution in [1.29, 1.82) is 0 Å². The predicted octanol–water partition coefficient (Wildman–Crippen LogP) is 4.14. The predicted molar refractivity (Wildman–Crippen MR) is 54.7 cm³/mol. The molecule has 0 aromatic heterocycles. The van der Waals surface area contributed by atoms with Gasteiger partial charge >= 0.3 is 0 Å². The molecule has 0 saturated heterocycles. The van der Waals surface area contributed by atoms with Crippen LogP contribution in [-0.2, 0) is 0 Å². The summed E-state index contributed by atoms with van der Waals surface area (Å²) in [4.78, 5) is 3.26. The number of benzene rings is 1. The molecular formula is C10H9BrFN. The Labute approximate surface area is 85.5 Å². The first-order chi connectivity index (χ1) is 6.07. The van der Waals surface area contributed by atoms with Gasteiger partial charge in [-0.2, -0.15) is 0 Å². The third kappa shape index (κ3) is 1.89. The molecule has 0 saturated carbocycles. The van der Waals surface area contributed by atoms with Crippen molar-refractivity contribution in [1.82, 2.24) is 0 Å². The van der Waals surface area contributed by atoms with E-state index in [4.69, 9.17) is 6.57 Å². The molecule has 0 spiro atoms. The molecule has 0 amide bonds. The smallest absolute Gasteiger partial charge is 0.190 e. The Hall–Kier alpha value is -0.880. The average Bonchev–Trinajstić information content (AvgIpc) is 2.04. The summed E-state index contributed by atoms with van der Waals surface area (Å²) in [7, 11) is 0. The fourth-order valence-corrected chi connectivity index (χ4v) is 1.86. The lowest BCUT2D eigenvalue weighted by Gasteiger charge is -2.10. The molecular weight excluding hydrogens is 233 g/mol. The highest BCUT2D eigenvalue weighted by molar-refractivity contribution is 9.09. The van der Waals surface area contributed by atoms with E-state index in [1.807, 2.05) is 6.92 Å². The zero-order valence-corrected chi connectivity index (χ0v) is 9.02. The van der Waals surface area contributed by atoms with Crippen LogP contribution in [0, 0.1) is 19.3 Å². The van der Waals surface area contributed by atoms with E-state index in [0.29, 0.717) is 11.3 Å². The molecule has 1 nitrogen and oxygen atoms in total. The van der Waals surface area contributed by atoms with Crippen molar-refractivity contribution in [2.45, 2.75) is 18.7 Å². The highest BCUT2D eigenvalue weighted by Crippen LogP contribution is 2.32. The van der Waals surface area contributed by atoms with Crippen molar-refractivity contribution in [3.8, 4) is 0 Å². The van der Waals surface area contributed by atoms with Crippen LogP contribution in [0.1, 0.15) is 22.9 Å². The summed E-state index contributed by atoms with van der Waals surface area (Å²) in [6, 6.07) is 2.85. The summed E-state index contributed by atoms with van der Waals surface area (Å²) in [5.41, 5.74) is 1.82. The number of nitrogens with zero attached hydrogens (tertiary/aromatic N) is 1. The summed E-state index contributed by atoms with van der Waals surface area (Å²) < 4.78 is 13.3. The molecule has 0 N–H and O–H groups in total. The zero-order valence-electron chi connectivity index (χ0n) is 7.44. The van der Waals surface area contributed by atoms with E-state index in [1.54, 1.807) is 6.92 Å². The van der Waals surface area contributed by atoms with Gasteiger partial charge in [-0.15, -0.1) is 0 Å². The second-order valence-electron chi connectivity index (χ2n) is 2.83. The maximum Gasteiger partial charge on any atom is 0.190 e. The van der Waals surface area contributed by atoms with Crippen molar-refractivity contribution < 1.29 is 4.39 Å². The number of alkyl halides is 1. The summed E-state index contributed by atoms with van der Waals surface area (Å²) in [5, 5.41) is 0. The highest BCUT2D eigenvalue weighted by Gasteiger charge is 2.13. The zero-order chi connectivity index (χ0) is 10.0. The fraction of sp³-hybridized carbons (Fsp3) is 0.300. The van der Waals surface area contributed by atoms with E-state index < -0.39 is 0 Å². The number of rotatable bonds is 1. The van der Waals surface area contributed by atoms with Gasteiger partial charge in [-0.1, -0.05) is 22.0 Å². The Morgan fingerprint density at radius 1 is 1.54 bits per heavy atom. The topological polar surface area (TPSA) is 4.36 Å². The number of halogens is 2. The van der Waals surface area contributed by atoms with Gasteiger partial charge in [0.25, 0.3) is 0 Å². The average molecular weight is 242 g/mol. The van der Waals surface area contributed by atoms with Crippen LogP contribution in [0.5, 0.6) is 0 Å². The molecule has 1 atom stereocenters. The SMILES string of the molecule is [C-]#[N+]c1ccc(F)c(C(C)Br)c1C. The first-order valence-electron chi connectivity index (χ1n) is 3.88. The third-order valence-electron chi connectivity index (χ3n) is 1.95. The van der Waals surface area contributed by atoms with Crippen molar-refractivity contribution >= 4 is 21.6 Å². The van der Waals surface area contributed by atoms with Gasteiger partial charge in [-0.25, -0.2) is 9.24 Å². The van der Waals surface area contributed by atoms with Gasteiger partial charge < -0.3 is 0 Å². The van der Waals surface area contributed by atoms with E-state index in [1.165, 1.54) is 12.1 Å². The van der Waals surface area contributed by atoms with E-state index in [9.17, 15) is 4.39 Å². The van der Waals surface area contributed by atoms with E-state index in [-0.39, 0.29) is 10.6 Å². The molecule has 0 radical (unpaired) electrons. The maximum absolute atomic E-state index is 13.3. The van der Waals surface area contributed by atoms with Crippen LogP contribution in [0.15, 0.2) is 12.1 Å². The Kier molecular flexibility index (Phi) is 3.05. The Balaban J connectivity index is 3.41. The maximum atomic E-state index is 13.3. The Morgan fingerprint density at radius 3 is 2.62 bits per heavy atom. The van der Waals surface area contributed by atoms with Crippen LogP contribution >= 0.6 is 15.9 Å². The van der Waals surface area contributed by atoms with Gasteiger partial charge in [0.15, 0.2) is 5.69 Å². The molecule has 0 heterocycles. The Bertz CT molecular complexity index is 366. The molecule has 1 aromatic carbocycles. The third-order valence-corrected chi connectivity index (χ3v) is 2.41. The van der Waals surface area contributed by atoms with Gasteiger partial charge in [0, 0.05) is 4.83 Å². The van der Waals surface area contributed by atoms with Gasteiger partial charge in [0.1, 0.15) is 5.82 Å². The summed E-state index contributed by atoms with van der Waals surface area (Å²) in [5.74, 6) is -0.255. The van der Waals surface area contributed by atoms with Gasteiger partial charge in [-0.05, 0) is 31.0 Å². The summed E-state index contributed by atoms with van der Waals surface area (Å²) >= 11 is 3.30. The van der Waals surface area contributed by atoms with E-state index in [2.05, 4.69) is 20.8 Å². The van der Waals surface area contributed by atoms with Crippen molar-refractivity contribution in [2.24, 2.45) is 0 Å². The van der Waals surface area contributed by atoms with E-state index >= 15 is 0 Å². The first kappa shape index (κ1) is 10.2. The molecule has 13 heavy (non-hydrogen) atoms. The molecule has 68 valence electrons. The monoisotopic (exact) mass is 241 g/mol. The van der Waals surface area contributed by atoms with Crippen molar-refractivity contribution in [3.63, 3.8) is 0 Å². The molecule has 1 rings (SSSR count). The standard InChI is InChI=1S/C10H9BrFN/c1-6-9(13-3)5-4-8(12)10(6)7(2)11/h4-5,7H,1-2H3. The lowest BCUT2D eigenvalue weighted by Crippen LogP contribution is -1.94. The second kappa shape index (κ2) is 3.89. The number of hydrogen-bond donors (Lipinski definition) is 0. The van der Waals surface area contributed by atoms with Crippen LogP contribution in [0.3, 0.4) is 0 Å². The summed E-state index contributed by atoms with van der Waals surface area (Å²) in [6.45, 7) is 10.5. The lowest BCUT2D eigenvalue weighted by molar-refractivity contribution is 0.610. The molecule has 1 aromatic rings. The van der Waals surface area contributed by atoms with Gasteiger partial charge in [-0.3, -0.25) is 0 Å². The van der Waals surface area contributed by atoms with Crippen LogP contribution < -0.4 is 0 Å². The quantitative estimate of drug-likeness (QED) is 0.515. The van der Waals surface area contributed by atoms with Crippen molar-refractivity contribution in [3.05, 3.63) is 40.5 Å². The summed E-state index contributed by atoms with van der Waals surface area (Å²) in [6.07, 6.45) is 0. The number of hydrogen-bond acceptors (Lipinski definition) is 0. The lowest BCUT2D eigenvalue weighted by atomic mass is 10.0. The van der Waals surface area contributed by atoms with Gasteiger partial charge in [0.05, 0.1) is 6.57 Å². The van der Waals surface area contributed by atoms with Crippen LogP contribution in [0.25, 0.3) is 4.85 Å². The fourth-order valence-electron chi connectivity index (χ4n) is 1.29. The van der Waals surface area contributed by atoms with E-state index in [0.717, 1.165) is 5.56 Å². The van der Waals surface area contributed by atoms with Crippen molar-refractivity contribution in [2.75, 3.05) is 0 Å². The minimum Gasteiger partial charge on any atom is -0.238 e. The van der Waals surface area contributed by atoms with Crippen LogP contribution in [-0.4, -0.2) is 0 Å². The van der Waals surface area contributed by atoms with Crippen LogP contribution in [0.4, 0.5) is 10.1 Å². The molecule has 1 unspecified atom stereocenters. The largest absolute Gasteiger partial charge is 0.238 e. The molecule has 0 aliphatic rings. The second-order valence-corrected chi connectivity index (χ2v) is 4.21. The highest BCUT2D eigenvalue weighted by atomic mass is 79.9. The van der Waals surface area contributed by atoms with Crippen LogP contribution in [0.2, 0.25) is 0 Å². The first-order valence-corrected chi connectivity index (χ1v) is 4.80. The molecule has 0 aliphatic heterocycles. The molecule has 3 heteroatoms. The normalized spacial score (nSPS) is 12.2.